The summed E-state index contributed by atoms with van der Waals surface area (Å²) < 4.78 is 0. The maximum atomic E-state index is 11.7. The molecule has 4 heteroatoms. The van der Waals surface area contributed by atoms with E-state index in [2.05, 4.69) is 5.32 Å². The molecule has 1 amide bonds. The summed E-state index contributed by atoms with van der Waals surface area (Å²) in [5.74, 6) is -0.470. The van der Waals surface area contributed by atoms with E-state index in [4.69, 9.17) is 0 Å². The van der Waals surface area contributed by atoms with Crippen molar-refractivity contribution in [3.8, 4) is 0 Å². The van der Waals surface area contributed by atoms with Gasteiger partial charge in [-0.1, -0.05) is 26.0 Å². The molecule has 1 heterocycles. The summed E-state index contributed by atoms with van der Waals surface area (Å²) in [5.41, 5.74) is 2.16. The number of rotatable bonds is 3. The van der Waals surface area contributed by atoms with Crippen LogP contribution in [0.3, 0.4) is 0 Å². The number of Topliss-reactive ketones (excluding diaryl/α,β-unsaturated/α-hetero) is 1. The van der Waals surface area contributed by atoms with Gasteiger partial charge in [0.25, 0.3) is 0 Å². The largest absolute Gasteiger partial charge is 0.381 e. The first kappa shape index (κ1) is 11.8. The van der Waals surface area contributed by atoms with Gasteiger partial charge in [0.15, 0.2) is 5.78 Å². The fourth-order valence-electron chi connectivity index (χ4n) is 1.90. The molecule has 2 rings (SSSR count). The van der Waals surface area contributed by atoms with E-state index in [9.17, 15) is 14.7 Å². The van der Waals surface area contributed by atoms with E-state index >= 15 is 0 Å². The van der Waals surface area contributed by atoms with Gasteiger partial charge in [-0.15, -0.1) is 0 Å². The predicted octanol–water partition coefficient (Wildman–Crippen LogP) is 1.44. The summed E-state index contributed by atoms with van der Waals surface area (Å²) in [6.45, 7) is 3.51. The molecule has 0 saturated heterocycles. The molecule has 0 bridgehead atoms. The van der Waals surface area contributed by atoms with Gasteiger partial charge in [-0.3, -0.25) is 9.59 Å². The lowest BCUT2D eigenvalue weighted by molar-refractivity contribution is -0.130. The molecule has 0 aliphatic carbocycles. The van der Waals surface area contributed by atoms with Crippen molar-refractivity contribution in [2.75, 3.05) is 5.32 Å². The number of fused-ring (bicyclic) bond motifs is 1. The average Bonchev–Trinajstić information content (AvgIpc) is 2.65. The predicted molar refractivity (Wildman–Crippen MR) is 63.6 cm³/mol. The van der Waals surface area contributed by atoms with Gasteiger partial charge < -0.3 is 10.4 Å². The van der Waals surface area contributed by atoms with Crippen LogP contribution in [0.1, 0.15) is 31.1 Å². The molecule has 0 aromatic heterocycles. The number of ketones is 1. The number of nitrogens with one attached hydrogen (secondary N) is 1. The molecule has 17 heavy (non-hydrogen) atoms. The highest BCUT2D eigenvalue weighted by atomic mass is 16.3. The Morgan fingerprint density at radius 2 is 2.12 bits per heavy atom. The molecule has 1 atom stereocenters. The maximum absolute atomic E-state index is 11.7. The van der Waals surface area contributed by atoms with Crippen LogP contribution < -0.4 is 5.32 Å². The summed E-state index contributed by atoms with van der Waals surface area (Å²) in [6, 6.07) is 5.12. The lowest BCUT2D eigenvalue weighted by Gasteiger charge is -2.13. The first-order valence-corrected chi connectivity index (χ1v) is 5.63. The highest BCUT2D eigenvalue weighted by molar-refractivity contribution is 5.99. The van der Waals surface area contributed by atoms with E-state index in [1.54, 1.807) is 32.0 Å². The van der Waals surface area contributed by atoms with Gasteiger partial charge in [-0.05, 0) is 17.2 Å². The van der Waals surface area contributed by atoms with Crippen molar-refractivity contribution in [1.82, 2.24) is 0 Å². The van der Waals surface area contributed by atoms with Gasteiger partial charge in [-0.25, -0.2) is 0 Å². The number of hydrogen-bond acceptors (Lipinski definition) is 3. The first-order valence-electron chi connectivity index (χ1n) is 5.63. The highest BCUT2D eigenvalue weighted by Crippen LogP contribution is 2.27. The Labute approximate surface area is 99.6 Å². The zero-order chi connectivity index (χ0) is 12.6. The van der Waals surface area contributed by atoms with Crippen molar-refractivity contribution in [2.45, 2.75) is 26.4 Å². The number of carbonyl (C=O) groups excluding carboxylic acids is 2. The van der Waals surface area contributed by atoms with E-state index < -0.39 is 6.10 Å². The number of anilines is 1. The van der Waals surface area contributed by atoms with Crippen LogP contribution in [0.2, 0.25) is 0 Å². The molecule has 0 fully saturated rings. The molecule has 0 saturated carbocycles. The Kier molecular flexibility index (Phi) is 2.98. The molecule has 1 aliphatic heterocycles. The Bertz CT molecular complexity index is 480. The van der Waals surface area contributed by atoms with E-state index in [-0.39, 0.29) is 17.6 Å². The highest BCUT2D eigenvalue weighted by Gasteiger charge is 2.23. The Hall–Kier alpha value is -1.68. The third kappa shape index (κ3) is 2.22. The van der Waals surface area contributed by atoms with Crippen LogP contribution in [0.4, 0.5) is 5.69 Å². The molecule has 4 nitrogen and oxygen atoms in total. The van der Waals surface area contributed by atoms with Crippen LogP contribution in [-0.4, -0.2) is 16.8 Å². The average molecular weight is 233 g/mol. The minimum Gasteiger partial charge on any atom is -0.381 e. The maximum Gasteiger partial charge on any atom is 0.228 e. The van der Waals surface area contributed by atoms with Crippen molar-refractivity contribution in [2.24, 2.45) is 5.92 Å². The number of aliphatic hydroxyl groups excluding tert-OH is 1. The minimum atomic E-state index is -1.10. The Morgan fingerprint density at radius 1 is 1.41 bits per heavy atom. The fraction of sp³-hybridized carbons (Fsp3) is 0.385. The molecule has 90 valence electrons. The summed E-state index contributed by atoms with van der Waals surface area (Å²) >= 11 is 0. The molecular weight excluding hydrogens is 218 g/mol. The van der Waals surface area contributed by atoms with E-state index in [0.29, 0.717) is 12.0 Å². The third-order valence-electron chi connectivity index (χ3n) is 2.91. The number of carbonyl (C=O) groups is 2. The molecule has 0 spiro atoms. The number of aliphatic hydroxyl groups is 1. The van der Waals surface area contributed by atoms with E-state index in [1.807, 2.05) is 0 Å². The topological polar surface area (TPSA) is 66.4 Å². The van der Waals surface area contributed by atoms with Gasteiger partial charge >= 0.3 is 0 Å². The van der Waals surface area contributed by atoms with Crippen LogP contribution in [-0.2, 0) is 16.0 Å². The lowest BCUT2D eigenvalue weighted by atomic mass is 9.96. The number of amides is 1. The van der Waals surface area contributed by atoms with Gasteiger partial charge in [0.05, 0.1) is 6.42 Å². The van der Waals surface area contributed by atoms with Crippen molar-refractivity contribution >= 4 is 17.4 Å². The van der Waals surface area contributed by atoms with Gasteiger partial charge in [-0.2, -0.15) is 0 Å². The Morgan fingerprint density at radius 3 is 2.76 bits per heavy atom. The molecule has 1 aromatic rings. The van der Waals surface area contributed by atoms with Crippen LogP contribution >= 0.6 is 0 Å². The number of hydrogen-bond donors (Lipinski definition) is 2. The van der Waals surface area contributed by atoms with E-state index in [1.165, 1.54) is 0 Å². The molecule has 0 radical (unpaired) electrons. The normalized spacial score (nSPS) is 15.6. The van der Waals surface area contributed by atoms with Crippen LogP contribution in [0, 0.1) is 5.92 Å². The van der Waals surface area contributed by atoms with Gasteiger partial charge in [0.1, 0.15) is 6.10 Å². The lowest BCUT2D eigenvalue weighted by Crippen LogP contribution is -2.17. The second kappa shape index (κ2) is 4.30. The summed E-state index contributed by atoms with van der Waals surface area (Å²) in [6.07, 6.45) is -0.790. The zero-order valence-electron chi connectivity index (χ0n) is 9.86. The molecule has 1 aliphatic rings. The fourth-order valence-corrected chi connectivity index (χ4v) is 1.90. The monoisotopic (exact) mass is 233 g/mol. The van der Waals surface area contributed by atoms with Crippen molar-refractivity contribution in [3.05, 3.63) is 29.3 Å². The summed E-state index contributed by atoms with van der Waals surface area (Å²) in [5, 5.41) is 12.6. The Balaban J connectivity index is 2.27. The third-order valence-corrected chi connectivity index (χ3v) is 2.91. The second-order valence-corrected chi connectivity index (χ2v) is 4.60. The smallest absolute Gasteiger partial charge is 0.228 e. The standard InChI is InChI=1S/C13H15NO3/c1-7(2)12(16)13(17)8-3-4-10-9(5-8)6-11(15)14-10/h3-5,7,13,17H,6H2,1-2H3,(H,14,15). The first-order chi connectivity index (χ1) is 7.99. The second-order valence-electron chi connectivity index (χ2n) is 4.60. The number of benzene rings is 1. The molecule has 1 aromatic carbocycles. The van der Waals surface area contributed by atoms with E-state index in [0.717, 1.165) is 11.3 Å². The molecular formula is C13H15NO3. The van der Waals surface area contributed by atoms with Crippen molar-refractivity contribution < 1.29 is 14.7 Å². The minimum absolute atomic E-state index is 0.0539. The summed E-state index contributed by atoms with van der Waals surface area (Å²) in [7, 11) is 0. The van der Waals surface area contributed by atoms with Crippen molar-refractivity contribution in [1.29, 1.82) is 0 Å². The van der Waals surface area contributed by atoms with Gasteiger partial charge in [0.2, 0.25) is 5.91 Å². The van der Waals surface area contributed by atoms with Crippen LogP contribution in [0.15, 0.2) is 18.2 Å². The zero-order valence-corrected chi connectivity index (χ0v) is 9.86. The van der Waals surface area contributed by atoms with Crippen LogP contribution in [0.25, 0.3) is 0 Å². The van der Waals surface area contributed by atoms with Crippen LogP contribution in [0.5, 0.6) is 0 Å². The van der Waals surface area contributed by atoms with Gasteiger partial charge in [0, 0.05) is 11.6 Å². The van der Waals surface area contributed by atoms with Crippen molar-refractivity contribution in [3.63, 3.8) is 0 Å². The quantitative estimate of drug-likeness (QED) is 0.830. The molecule has 1 unspecified atom stereocenters. The SMILES string of the molecule is CC(C)C(=O)C(O)c1ccc2c(c1)CC(=O)N2. The summed E-state index contributed by atoms with van der Waals surface area (Å²) in [4.78, 5) is 22.9. The molecule has 2 N–H and O–H groups in total.